The van der Waals surface area contributed by atoms with Crippen LogP contribution in [0.4, 0.5) is 5.69 Å². The highest BCUT2D eigenvalue weighted by Crippen LogP contribution is 2.49. The van der Waals surface area contributed by atoms with Gasteiger partial charge in [-0.3, -0.25) is 4.68 Å². The number of carbonyl (C=O) groups is 1. The van der Waals surface area contributed by atoms with Gasteiger partial charge in [-0.25, -0.2) is 4.79 Å². The van der Waals surface area contributed by atoms with Gasteiger partial charge in [0.05, 0.1) is 17.8 Å². The predicted molar refractivity (Wildman–Crippen MR) is 83.0 cm³/mol. The van der Waals surface area contributed by atoms with Crippen LogP contribution < -0.4 is 5.32 Å². The lowest BCUT2D eigenvalue weighted by atomic mass is 9.77. The second-order valence-electron chi connectivity index (χ2n) is 6.03. The molecule has 1 aliphatic heterocycles. The molecule has 5 heteroatoms. The minimum absolute atomic E-state index is 0.205. The highest BCUT2D eigenvalue weighted by atomic mass is 16.4. The molecule has 112 valence electrons. The van der Waals surface area contributed by atoms with Gasteiger partial charge in [0, 0.05) is 30.4 Å². The molecule has 22 heavy (non-hydrogen) atoms. The van der Waals surface area contributed by atoms with Crippen molar-refractivity contribution in [3.8, 4) is 0 Å². The van der Waals surface area contributed by atoms with E-state index in [0.29, 0.717) is 11.5 Å². The van der Waals surface area contributed by atoms with Crippen molar-refractivity contribution in [1.29, 1.82) is 0 Å². The number of allylic oxidation sites excluding steroid dienone is 2. The number of hydrogen-bond acceptors (Lipinski definition) is 3. The molecule has 1 aromatic heterocycles. The molecule has 2 aliphatic rings. The molecule has 3 atom stereocenters. The molecule has 4 rings (SSSR count). The number of nitrogens with zero attached hydrogens (tertiary/aromatic N) is 2. The average Bonchev–Trinajstić information content (AvgIpc) is 3.14. The van der Waals surface area contributed by atoms with E-state index in [4.69, 9.17) is 0 Å². The number of fused-ring (bicyclic) bond motifs is 3. The van der Waals surface area contributed by atoms with Crippen LogP contribution in [-0.2, 0) is 7.05 Å². The van der Waals surface area contributed by atoms with E-state index in [-0.39, 0.29) is 12.0 Å². The summed E-state index contributed by atoms with van der Waals surface area (Å²) in [5.74, 6) is -0.211. The van der Waals surface area contributed by atoms with Gasteiger partial charge in [-0.05, 0) is 36.1 Å². The van der Waals surface area contributed by atoms with Crippen LogP contribution in [0, 0.1) is 5.92 Å². The lowest BCUT2D eigenvalue weighted by Gasteiger charge is -2.37. The van der Waals surface area contributed by atoms with Gasteiger partial charge in [0.1, 0.15) is 0 Å². The van der Waals surface area contributed by atoms with Crippen molar-refractivity contribution in [2.45, 2.75) is 18.4 Å². The van der Waals surface area contributed by atoms with Crippen molar-refractivity contribution in [3.63, 3.8) is 0 Å². The molecular weight excluding hydrogens is 278 g/mol. The van der Waals surface area contributed by atoms with E-state index in [1.165, 1.54) is 5.56 Å². The monoisotopic (exact) mass is 295 g/mol. The van der Waals surface area contributed by atoms with Crippen LogP contribution in [-0.4, -0.2) is 20.9 Å². The summed E-state index contributed by atoms with van der Waals surface area (Å²) in [5, 5.41) is 17.1. The zero-order chi connectivity index (χ0) is 15.3. The van der Waals surface area contributed by atoms with Gasteiger partial charge in [-0.1, -0.05) is 12.2 Å². The quantitative estimate of drug-likeness (QED) is 0.836. The Labute approximate surface area is 128 Å². The molecule has 5 nitrogen and oxygen atoms in total. The zero-order valence-electron chi connectivity index (χ0n) is 12.2. The Hall–Kier alpha value is -2.56. The minimum Gasteiger partial charge on any atom is -0.478 e. The highest BCUT2D eigenvalue weighted by Gasteiger charge is 2.38. The number of hydrogen-bond donors (Lipinski definition) is 2. The molecule has 2 N–H and O–H groups in total. The first-order chi connectivity index (χ1) is 10.6. The molecule has 0 saturated carbocycles. The smallest absolute Gasteiger partial charge is 0.335 e. The molecule has 0 spiro atoms. The van der Waals surface area contributed by atoms with Crippen molar-refractivity contribution in [2.75, 3.05) is 5.32 Å². The van der Waals surface area contributed by atoms with Gasteiger partial charge in [0.25, 0.3) is 0 Å². The molecule has 0 saturated heterocycles. The zero-order valence-corrected chi connectivity index (χ0v) is 12.2. The number of benzene rings is 1. The van der Waals surface area contributed by atoms with Crippen molar-refractivity contribution in [3.05, 3.63) is 59.4 Å². The molecule has 2 aromatic rings. The maximum atomic E-state index is 11.2. The van der Waals surface area contributed by atoms with Crippen molar-refractivity contribution in [2.24, 2.45) is 13.0 Å². The molecular formula is C17H17N3O2. The number of nitrogens with one attached hydrogen (secondary N) is 1. The van der Waals surface area contributed by atoms with E-state index in [0.717, 1.165) is 17.7 Å². The summed E-state index contributed by atoms with van der Waals surface area (Å²) in [6, 6.07) is 5.55. The number of aromatic carboxylic acids is 1. The Balaban J connectivity index is 1.78. The van der Waals surface area contributed by atoms with E-state index in [9.17, 15) is 9.90 Å². The summed E-state index contributed by atoms with van der Waals surface area (Å²) in [6.45, 7) is 0. The Morgan fingerprint density at radius 1 is 1.45 bits per heavy atom. The maximum absolute atomic E-state index is 11.2. The number of rotatable bonds is 2. The van der Waals surface area contributed by atoms with Gasteiger partial charge >= 0.3 is 5.97 Å². The van der Waals surface area contributed by atoms with E-state index < -0.39 is 5.97 Å². The number of carboxylic acid groups (broad SMARTS) is 1. The lowest BCUT2D eigenvalue weighted by Crippen LogP contribution is -2.29. The molecule has 2 heterocycles. The largest absolute Gasteiger partial charge is 0.478 e. The fourth-order valence-electron chi connectivity index (χ4n) is 3.66. The number of anilines is 1. The van der Waals surface area contributed by atoms with Gasteiger partial charge in [-0.15, -0.1) is 0 Å². The standard InChI is InChI=1S/C17H17N3O2/c1-20-9-11(8-18-20)16-13-4-2-3-12(13)14-7-10(17(21)22)5-6-15(14)19-16/h2-3,5-9,12-13,16,19H,4H2,1H3,(H,21,22)/t12-,13+,16-/m1/s1. The molecule has 1 aliphatic carbocycles. The molecule has 0 unspecified atom stereocenters. The summed E-state index contributed by atoms with van der Waals surface area (Å²) in [5.41, 5.74) is 3.62. The number of aryl methyl sites for hydroxylation is 1. The summed E-state index contributed by atoms with van der Waals surface area (Å²) in [6.07, 6.45) is 9.35. The number of carboxylic acids is 1. The Kier molecular flexibility index (Phi) is 2.82. The number of aromatic nitrogens is 2. The van der Waals surface area contributed by atoms with Crippen LogP contribution in [0.5, 0.6) is 0 Å². The van der Waals surface area contributed by atoms with Crippen LogP contribution in [0.25, 0.3) is 0 Å². The Bertz CT molecular complexity index is 778. The van der Waals surface area contributed by atoms with Crippen molar-refractivity contribution in [1.82, 2.24) is 9.78 Å². The molecule has 0 fully saturated rings. The molecule has 0 amide bonds. The van der Waals surface area contributed by atoms with Crippen LogP contribution >= 0.6 is 0 Å². The van der Waals surface area contributed by atoms with Gasteiger partial charge < -0.3 is 10.4 Å². The van der Waals surface area contributed by atoms with E-state index in [1.54, 1.807) is 12.1 Å². The first-order valence-electron chi connectivity index (χ1n) is 7.42. The molecule has 1 aromatic carbocycles. The van der Waals surface area contributed by atoms with Crippen molar-refractivity contribution < 1.29 is 9.90 Å². The Morgan fingerprint density at radius 2 is 2.32 bits per heavy atom. The second kappa shape index (κ2) is 4.73. The van der Waals surface area contributed by atoms with Gasteiger partial charge in [-0.2, -0.15) is 5.10 Å². The van der Waals surface area contributed by atoms with Crippen LogP contribution in [0.1, 0.15) is 39.9 Å². The fourth-order valence-corrected chi connectivity index (χ4v) is 3.66. The maximum Gasteiger partial charge on any atom is 0.335 e. The third kappa shape index (κ3) is 1.93. The third-order valence-electron chi connectivity index (χ3n) is 4.69. The van der Waals surface area contributed by atoms with Gasteiger partial charge in [0.2, 0.25) is 0 Å². The first-order valence-corrected chi connectivity index (χ1v) is 7.42. The van der Waals surface area contributed by atoms with E-state index in [1.807, 2.05) is 30.2 Å². The fraction of sp³-hybridized carbons (Fsp3) is 0.294. The topological polar surface area (TPSA) is 67.2 Å². The predicted octanol–water partition coefficient (Wildman–Crippen LogP) is 2.94. The van der Waals surface area contributed by atoms with E-state index in [2.05, 4.69) is 22.6 Å². The second-order valence-corrected chi connectivity index (χ2v) is 6.03. The summed E-state index contributed by atoms with van der Waals surface area (Å²) in [4.78, 5) is 11.2. The molecule has 0 radical (unpaired) electrons. The summed E-state index contributed by atoms with van der Waals surface area (Å²) >= 11 is 0. The normalized spacial score (nSPS) is 25.4. The first kappa shape index (κ1) is 13.1. The lowest BCUT2D eigenvalue weighted by molar-refractivity contribution is 0.0696. The van der Waals surface area contributed by atoms with Crippen molar-refractivity contribution >= 4 is 11.7 Å². The SMILES string of the molecule is Cn1cc([C@H]2Nc3ccc(C(=O)O)cc3[C@@H]3C=CC[C@H]23)cn1. The van der Waals surface area contributed by atoms with Crippen LogP contribution in [0.2, 0.25) is 0 Å². The molecule has 0 bridgehead atoms. The Morgan fingerprint density at radius 3 is 3.05 bits per heavy atom. The minimum atomic E-state index is -0.879. The summed E-state index contributed by atoms with van der Waals surface area (Å²) in [7, 11) is 1.92. The average molecular weight is 295 g/mol. The highest BCUT2D eigenvalue weighted by molar-refractivity contribution is 5.89. The third-order valence-corrected chi connectivity index (χ3v) is 4.69. The summed E-state index contributed by atoms with van der Waals surface area (Å²) < 4.78 is 1.82. The van der Waals surface area contributed by atoms with Gasteiger partial charge in [0.15, 0.2) is 0 Å². The van der Waals surface area contributed by atoms with E-state index >= 15 is 0 Å². The van der Waals surface area contributed by atoms with Crippen LogP contribution in [0.15, 0.2) is 42.7 Å². The van der Waals surface area contributed by atoms with Crippen LogP contribution in [0.3, 0.4) is 0 Å².